The molecule has 2 heterocycles. The van der Waals surface area contributed by atoms with Crippen LogP contribution in [0.1, 0.15) is 46.0 Å². The number of hydrogen-bond donors (Lipinski definition) is 1. The summed E-state index contributed by atoms with van der Waals surface area (Å²) in [5.74, 6) is 0. The number of aliphatic hydroxyl groups is 1. The van der Waals surface area contributed by atoms with Gasteiger partial charge in [-0.3, -0.25) is 9.80 Å². The van der Waals surface area contributed by atoms with Gasteiger partial charge in [-0.15, -0.1) is 0 Å². The molecular formula is C14H28N2O. The van der Waals surface area contributed by atoms with Crippen molar-refractivity contribution in [3.63, 3.8) is 0 Å². The van der Waals surface area contributed by atoms with Crippen molar-refractivity contribution in [3.8, 4) is 0 Å². The molecule has 17 heavy (non-hydrogen) atoms. The van der Waals surface area contributed by atoms with Gasteiger partial charge in [0.15, 0.2) is 0 Å². The van der Waals surface area contributed by atoms with E-state index in [9.17, 15) is 5.11 Å². The van der Waals surface area contributed by atoms with Crippen LogP contribution in [0.25, 0.3) is 0 Å². The molecule has 0 radical (unpaired) electrons. The Morgan fingerprint density at radius 3 is 2.76 bits per heavy atom. The molecule has 1 N–H and O–H groups in total. The first kappa shape index (κ1) is 13.3. The summed E-state index contributed by atoms with van der Waals surface area (Å²) in [5.41, 5.74) is 0. The Bertz CT molecular complexity index is 234. The average Bonchev–Trinajstić information content (AvgIpc) is 2.77. The van der Waals surface area contributed by atoms with Gasteiger partial charge in [-0.05, 0) is 32.2 Å². The second-order valence-corrected chi connectivity index (χ2v) is 5.66. The van der Waals surface area contributed by atoms with Crippen molar-refractivity contribution < 1.29 is 5.11 Å². The van der Waals surface area contributed by atoms with E-state index in [1.54, 1.807) is 0 Å². The number of nitrogens with zero attached hydrogens (tertiary/aromatic N) is 2. The van der Waals surface area contributed by atoms with Gasteiger partial charge in [-0.2, -0.15) is 0 Å². The molecule has 2 aliphatic heterocycles. The normalized spacial score (nSPS) is 30.2. The maximum atomic E-state index is 10.2. The molecule has 2 fully saturated rings. The van der Waals surface area contributed by atoms with E-state index in [0.717, 1.165) is 31.8 Å². The van der Waals surface area contributed by atoms with Crippen molar-refractivity contribution in [1.82, 2.24) is 9.80 Å². The zero-order valence-electron chi connectivity index (χ0n) is 11.4. The second-order valence-electron chi connectivity index (χ2n) is 5.66. The smallest absolute Gasteiger partial charge is 0.0695 e. The zero-order chi connectivity index (χ0) is 12.3. The summed E-state index contributed by atoms with van der Waals surface area (Å²) in [5, 5.41) is 10.2. The van der Waals surface area contributed by atoms with Crippen molar-refractivity contribution in [2.75, 3.05) is 26.2 Å². The minimum absolute atomic E-state index is 0.127. The third-order valence-corrected chi connectivity index (χ3v) is 4.53. The molecule has 0 saturated carbocycles. The number of piperazine rings is 1. The molecule has 0 amide bonds. The summed E-state index contributed by atoms with van der Waals surface area (Å²) < 4.78 is 0. The van der Waals surface area contributed by atoms with Crippen LogP contribution >= 0.6 is 0 Å². The molecule has 0 aliphatic carbocycles. The molecule has 0 bridgehead atoms. The quantitative estimate of drug-likeness (QED) is 0.792. The van der Waals surface area contributed by atoms with Crippen LogP contribution < -0.4 is 0 Å². The molecule has 0 aromatic carbocycles. The fourth-order valence-electron chi connectivity index (χ4n) is 3.58. The van der Waals surface area contributed by atoms with Gasteiger partial charge in [0, 0.05) is 31.7 Å². The SMILES string of the molecule is CCCC(O)C(CC)N1CCN2CCCC2C1. The lowest BCUT2D eigenvalue weighted by Crippen LogP contribution is -2.56. The summed E-state index contributed by atoms with van der Waals surface area (Å²) in [7, 11) is 0. The zero-order valence-corrected chi connectivity index (χ0v) is 11.4. The van der Waals surface area contributed by atoms with Crippen LogP contribution in [0, 0.1) is 0 Å². The van der Waals surface area contributed by atoms with E-state index in [1.165, 1.54) is 32.5 Å². The Kier molecular flexibility index (Phi) is 4.83. The predicted octanol–water partition coefficient (Wildman–Crippen LogP) is 1.71. The van der Waals surface area contributed by atoms with E-state index in [2.05, 4.69) is 23.6 Å². The second kappa shape index (κ2) is 6.17. The summed E-state index contributed by atoms with van der Waals surface area (Å²) in [6.07, 6.45) is 5.71. The fourth-order valence-corrected chi connectivity index (χ4v) is 3.58. The van der Waals surface area contributed by atoms with Gasteiger partial charge in [0.2, 0.25) is 0 Å². The van der Waals surface area contributed by atoms with Gasteiger partial charge >= 0.3 is 0 Å². The Morgan fingerprint density at radius 1 is 1.24 bits per heavy atom. The number of aliphatic hydroxyl groups excluding tert-OH is 1. The van der Waals surface area contributed by atoms with Crippen LogP contribution in [0.5, 0.6) is 0 Å². The first-order valence-corrected chi connectivity index (χ1v) is 7.42. The van der Waals surface area contributed by atoms with E-state index >= 15 is 0 Å². The Hall–Kier alpha value is -0.120. The number of rotatable bonds is 5. The lowest BCUT2D eigenvalue weighted by atomic mass is 10.00. The topological polar surface area (TPSA) is 26.7 Å². The Labute approximate surface area is 106 Å². The molecule has 3 heteroatoms. The van der Waals surface area contributed by atoms with Crippen molar-refractivity contribution in [2.24, 2.45) is 0 Å². The summed E-state index contributed by atoms with van der Waals surface area (Å²) >= 11 is 0. The van der Waals surface area contributed by atoms with E-state index < -0.39 is 0 Å². The largest absolute Gasteiger partial charge is 0.391 e. The monoisotopic (exact) mass is 240 g/mol. The molecule has 2 rings (SSSR count). The summed E-state index contributed by atoms with van der Waals surface area (Å²) in [6.45, 7) is 9.21. The van der Waals surface area contributed by atoms with Crippen molar-refractivity contribution in [1.29, 1.82) is 0 Å². The third-order valence-electron chi connectivity index (χ3n) is 4.53. The fraction of sp³-hybridized carbons (Fsp3) is 1.00. The molecule has 3 unspecified atom stereocenters. The van der Waals surface area contributed by atoms with E-state index in [1.807, 2.05) is 0 Å². The molecule has 3 atom stereocenters. The van der Waals surface area contributed by atoms with Crippen molar-refractivity contribution in [3.05, 3.63) is 0 Å². The highest BCUT2D eigenvalue weighted by Gasteiger charge is 2.34. The van der Waals surface area contributed by atoms with Gasteiger partial charge in [-0.1, -0.05) is 20.3 Å². The van der Waals surface area contributed by atoms with Gasteiger partial charge in [0.1, 0.15) is 0 Å². The molecule has 2 saturated heterocycles. The van der Waals surface area contributed by atoms with Gasteiger partial charge in [0.25, 0.3) is 0 Å². The van der Waals surface area contributed by atoms with Crippen LogP contribution in [-0.4, -0.2) is 59.3 Å². The van der Waals surface area contributed by atoms with E-state index in [-0.39, 0.29) is 6.10 Å². The molecule has 2 aliphatic rings. The highest BCUT2D eigenvalue weighted by molar-refractivity contribution is 4.90. The van der Waals surface area contributed by atoms with Gasteiger partial charge in [0.05, 0.1) is 6.10 Å². The van der Waals surface area contributed by atoms with Crippen LogP contribution in [0.15, 0.2) is 0 Å². The van der Waals surface area contributed by atoms with E-state index in [0.29, 0.717) is 6.04 Å². The summed E-state index contributed by atoms with van der Waals surface area (Å²) in [6, 6.07) is 1.16. The van der Waals surface area contributed by atoms with Crippen LogP contribution in [0.3, 0.4) is 0 Å². The average molecular weight is 240 g/mol. The van der Waals surface area contributed by atoms with Crippen molar-refractivity contribution >= 4 is 0 Å². The Balaban J connectivity index is 1.91. The van der Waals surface area contributed by atoms with Crippen LogP contribution in [-0.2, 0) is 0 Å². The van der Waals surface area contributed by atoms with Gasteiger partial charge in [-0.25, -0.2) is 0 Å². The first-order valence-electron chi connectivity index (χ1n) is 7.42. The van der Waals surface area contributed by atoms with Crippen molar-refractivity contribution in [2.45, 2.75) is 64.1 Å². The molecule has 0 aromatic heterocycles. The van der Waals surface area contributed by atoms with E-state index in [4.69, 9.17) is 0 Å². The maximum absolute atomic E-state index is 10.2. The Morgan fingerprint density at radius 2 is 2.06 bits per heavy atom. The standard InChI is InChI=1S/C14H28N2O/c1-3-6-14(17)13(4-2)16-10-9-15-8-5-7-12(15)11-16/h12-14,17H,3-11H2,1-2H3. The first-order chi connectivity index (χ1) is 8.26. The molecular weight excluding hydrogens is 212 g/mol. The molecule has 100 valence electrons. The number of hydrogen-bond acceptors (Lipinski definition) is 3. The maximum Gasteiger partial charge on any atom is 0.0695 e. The molecule has 0 spiro atoms. The highest BCUT2D eigenvalue weighted by Crippen LogP contribution is 2.24. The lowest BCUT2D eigenvalue weighted by Gasteiger charge is -2.43. The molecule has 3 nitrogen and oxygen atoms in total. The predicted molar refractivity (Wildman–Crippen MR) is 71.2 cm³/mol. The molecule has 0 aromatic rings. The van der Waals surface area contributed by atoms with Gasteiger partial charge < -0.3 is 5.11 Å². The third kappa shape index (κ3) is 3.01. The van der Waals surface area contributed by atoms with Crippen LogP contribution in [0.4, 0.5) is 0 Å². The lowest BCUT2D eigenvalue weighted by molar-refractivity contribution is 0.00160. The minimum atomic E-state index is -0.127. The number of fused-ring (bicyclic) bond motifs is 1. The highest BCUT2D eigenvalue weighted by atomic mass is 16.3. The minimum Gasteiger partial charge on any atom is -0.391 e. The summed E-state index contributed by atoms with van der Waals surface area (Å²) in [4.78, 5) is 5.18. The van der Waals surface area contributed by atoms with Crippen LogP contribution in [0.2, 0.25) is 0 Å².